The molecule has 1 aliphatic rings. The molecule has 26 heavy (non-hydrogen) atoms. The highest BCUT2D eigenvalue weighted by molar-refractivity contribution is 7.13. The Hall–Kier alpha value is -1.69. The fraction of sp³-hybridized carbons (Fsp3) is 0.400. The van der Waals surface area contributed by atoms with E-state index in [4.69, 9.17) is 16.7 Å². The lowest BCUT2D eigenvalue weighted by molar-refractivity contribution is 0.0702. The molecule has 0 radical (unpaired) electrons. The maximum absolute atomic E-state index is 11.0. The highest BCUT2D eigenvalue weighted by Crippen LogP contribution is 2.40. The molecular weight excluding hydrogens is 370 g/mol. The Morgan fingerprint density at radius 3 is 2.92 bits per heavy atom. The average Bonchev–Trinajstić information content (AvgIpc) is 3.19. The van der Waals surface area contributed by atoms with Gasteiger partial charge in [-0.2, -0.15) is 0 Å². The molecular formula is C20H22ClNO3S. The van der Waals surface area contributed by atoms with Crippen molar-refractivity contribution in [2.24, 2.45) is 11.8 Å². The summed E-state index contributed by atoms with van der Waals surface area (Å²) < 4.78 is 0. The van der Waals surface area contributed by atoms with Gasteiger partial charge in [-0.25, -0.2) is 4.79 Å². The van der Waals surface area contributed by atoms with Crippen molar-refractivity contribution in [2.45, 2.75) is 37.2 Å². The van der Waals surface area contributed by atoms with Crippen molar-refractivity contribution in [2.75, 3.05) is 0 Å². The van der Waals surface area contributed by atoms with Crippen LogP contribution in [0.5, 0.6) is 0 Å². The summed E-state index contributed by atoms with van der Waals surface area (Å²) in [6.07, 6.45) is 10.5. The Morgan fingerprint density at radius 1 is 1.38 bits per heavy atom. The van der Waals surface area contributed by atoms with Crippen LogP contribution in [0, 0.1) is 11.8 Å². The Kier molecular flexibility index (Phi) is 6.46. The van der Waals surface area contributed by atoms with E-state index in [-0.39, 0.29) is 17.2 Å². The van der Waals surface area contributed by atoms with Crippen LogP contribution in [0.25, 0.3) is 6.08 Å². The van der Waals surface area contributed by atoms with Crippen LogP contribution in [0.1, 0.15) is 39.4 Å². The number of aliphatic hydroxyl groups is 1. The van der Waals surface area contributed by atoms with Gasteiger partial charge in [-0.1, -0.05) is 18.2 Å². The van der Waals surface area contributed by atoms with Crippen molar-refractivity contribution >= 4 is 35.0 Å². The van der Waals surface area contributed by atoms with Crippen LogP contribution >= 0.6 is 22.9 Å². The summed E-state index contributed by atoms with van der Waals surface area (Å²) in [5, 5.41) is 19.3. The Labute approximate surface area is 162 Å². The maximum Gasteiger partial charge on any atom is 0.345 e. The number of carbonyl (C=O) groups is 1. The van der Waals surface area contributed by atoms with E-state index in [1.54, 1.807) is 18.5 Å². The molecule has 3 rings (SSSR count). The molecule has 2 N–H and O–H groups in total. The minimum absolute atomic E-state index is 0.0357. The van der Waals surface area contributed by atoms with E-state index in [2.05, 4.69) is 11.1 Å². The number of carboxylic acid groups (broad SMARTS) is 1. The number of thiophene rings is 1. The normalized spacial score (nSPS) is 25.8. The third-order valence-electron chi connectivity index (χ3n) is 4.90. The molecule has 2 heterocycles. The molecule has 2 aromatic heterocycles. The van der Waals surface area contributed by atoms with Crippen LogP contribution in [0.15, 0.2) is 42.7 Å². The van der Waals surface area contributed by atoms with Crippen molar-refractivity contribution in [3.8, 4) is 0 Å². The molecule has 0 saturated heterocycles. The van der Waals surface area contributed by atoms with E-state index in [0.29, 0.717) is 11.3 Å². The van der Waals surface area contributed by atoms with Crippen LogP contribution in [0.4, 0.5) is 0 Å². The molecule has 0 unspecified atom stereocenters. The molecule has 1 saturated carbocycles. The Morgan fingerprint density at radius 2 is 2.23 bits per heavy atom. The number of pyridine rings is 1. The topological polar surface area (TPSA) is 70.4 Å². The van der Waals surface area contributed by atoms with Crippen LogP contribution in [-0.2, 0) is 6.42 Å². The molecule has 0 bridgehead atoms. The summed E-state index contributed by atoms with van der Waals surface area (Å²) in [6.45, 7) is 0. The number of aromatic nitrogens is 1. The van der Waals surface area contributed by atoms with Crippen molar-refractivity contribution < 1.29 is 15.0 Å². The van der Waals surface area contributed by atoms with Gasteiger partial charge in [0.05, 0.1) is 6.10 Å². The SMILES string of the molecule is O=C(O)c1ccc(CCC[C@@H]2[C@@H](/C=C/c3cccnc3)[C@H](O)C[C@H]2Cl)s1. The molecule has 6 heteroatoms. The van der Waals surface area contributed by atoms with Crippen LogP contribution in [0.2, 0.25) is 0 Å². The Bertz CT molecular complexity index is 761. The zero-order valence-electron chi connectivity index (χ0n) is 14.3. The molecule has 2 aromatic rings. The van der Waals surface area contributed by atoms with E-state index < -0.39 is 12.1 Å². The number of aliphatic hydroxyl groups excluding tert-OH is 1. The summed E-state index contributed by atoms with van der Waals surface area (Å²) in [7, 11) is 0. The summed E-state index contributed by atoms with van der Waals surface area (Å²) in [5.74, 6) is -0.615. The van der Waals surface area contributed by atoms with Crippen LogP contribution < -0.4 is 0 Å². The standard InChI is InChI=1S/C20H22ClNO3S/c21-17-11-18(23)16(8-6-13-3-2-10-22-12-13)15(17)5-1-4-14-7-9-19(26-14)20(24)25/h2-3,6-10,12,15-18,23H,1,4-5,11H2,(H,24,25)/b8-6+/t15-,16-,17-,18-/m1/s1. The zero-order chi connectivity index (χ0) is 18.5. The van der Waals surface area contributed by atoms with Crippen molar-refractivity contribution in [1.29, 1.82) is 0 Å². The first-order valence-corrected chi connectivity index (χ1v) is 10.0. The highest BCUT2D eigenvalue weighted by Gasteiger charge is 2.39. The quantitative estimate of drug-likeness (QED) is 0.682. The first kappa shape index (κ1) is 19.1. The van der Waals surface area contributed by atoms with Gasteiger partial charge in [0.25, 0.3) is 0 Å². The highest BCUT2D eigenvalue weighted by atomic mass is 35.5. The second-order valence-electron chi connectivity index (χ2n) is 6.67. The lowest BCUT2D eigenvalue weighted by Gasteiger charge is -2.20. The van der Waals surface area contributed by atoms with Gasteiger partial charge in [-0.3, -0.25) is 4.98 Å². The van der Waals surface area contributed by atoms with Gasteiger partial charge in [0.1, 0.15) is 4.88 Å². The number of alkyl halides is 1. The number of halogens is 1. The summed E-state index contributed by atoms with van der Waals surface area (Å²) >= 11 is 7.83. The van der Waals surface area contributed by atoms with Crippen molar-refractivity contribution in [3.05, 3.63) is 58.1 Å². The summed E-state index contributed by atoms with van der Waals surface area (Å²) in [4.78, 5) is 16.5. The average molecular weight is 392 g/mol. The number of aromatic carboxylic acids is 1. The van der Waals surface area contributed by atoms with Gasteiger partial charge in [0, 0.05) is 28.6 Å². The lowest BCUT2D eigenvalue weighted by Crippen LogP contribution is -2.18. The number of aryl methyl sites for hydroxylation is 1. The molecule has 4 nitrogen and oxygen atoms in total. The first-order valence-electron chi connectivity index (χ1n) is 8.77. The predicted molar refractivity (Wildman–Crippen MR) is 105 cm³/mol. The maximum atomic E-state index is 11.0. The summed E-state index contributed by atoms with van der Waals surface area (Å²) in [5.41, 5.74) is 1.01. The predicted octanol–water partition coefficient (Wildman–Crippen LogP) is 4.48. The second-order valence-corrected chi connectivity index (χ2v) is 8.40. The molecule has 0 aromatic carbocycles. The van der Waals surface area contributed by atoms with E-state index in [1.165, 1.54) is 11.3 Å². The lowest BCUT2D eigenvalue weighted by atomic mass is 9.89. The minimum Gasteiger partial charge on any atom is -0.477 e. The summed E-state index contributed by atoms with van der Waals surface area (Å²) in [6, 6.07) is 7.41. The van der Waals surface area contributed by atoms with Gasteiger partial charge in [-0.15, -0.1) is 22.9 Å². The molecule has 0 aliphatic heterocycles. The number of nitrogens with zero attached hydrogens (tertiary/aromatic N) is 1. The van der Waals surface area contributed by atoms with E-state index >= 15 is 0 Å². The van der Waals surface area contributed by atoms with Crippen molar-refractivity contribution in [3.63, 3.8) is 0 Å². The largest absolute Gasteiger partial charge is 0.477 e. The van der Waals surface area contributed by atoms with Crippen LogP contribution in [0.3, 0.4) is 0 Å². The van der Waals surface area contributed by atoms with E-state index in [1.807, 2.05) is 24.3 Å². The smallest absolute Gasteiger partial charge is 0.345 e. The third kappa shape index (κ3) is 4.72. The fourth-order valence-electron chi connectivity index (χ4n) is 3.57. The Balaban J connectivity index is 1.59. The third-order valence-corrected chi connectivity index (χ3v) is 6.53. The monoisotopic (exact) mass is 391 g/mol. The van der Waals surface area contributed by atoms with Crippen LogP contribution in [-0.4, -0.2) is 32.6 Å². The molecule has 0 amide bonds. The molecule has 138 valence electrons. The van der Waals surface area contributed by atoms with Crippen molar-refractivity contribution in [1.82, 2.24) is 4.98 Å². The fourth-order valence-corrected chi connectivity index (χ4v) is 4.93. The minimum atomic E-state index is -0.874. The molecule has 1 aliphatic carbocycles. The molecule has 1 fully saturated rings. The van der Waals surface area contributed by atoms with Gasteiger partial charge in [0.2, 0.25) is 0 Å². The zero-order valence-corrected chi connectivity index (χ0v) is 15.9. The van der Waals surface area contributed by atoms with Gasteiger partial charge in [-0.05, 0) is 55.4 Å². The first-order chi connectivity index (χ1) is 12.5. The molecule has 4 atom stereocenters. The number of hydrogen-bond acceptors (Lipinski definition) is 4. The second kappa shape index (κ2) is 8.80. The van der Waals surface area contributed by atoms with E-state index in [9.17, 15) is 9.90 Å². The number of rotatable bonds is 7. The van der Waals surface area contributed by atoms with Gasteiger partial charge in [0.15, 0.2) is 0 Å². The van der Waals surface area contributed by atoms with Gasteiger partial charge < -0.3 is 10.2 Å². The number of carboxylic acids is 1. The van der Waals surface area contributed by atoms with E-state index in [0.717, 1.165) is 29.7 Å². The number of hydrogen-bond donors (Lipinski definition) is 2. The van der Waals surface area contributed by atoms with Gasteiger partial charge >= 0.3 is 5.97 Å². The molecule has 0 spiro atoms.